The molecule has 1 amide bonds. The Kier molecular flexibility index (Phi) is 2.42. The molecule has 0 aliphatic rings. The summed E-state index contributed by atoms with van der Waals surface area (Å²) in [6.07, 6.45) is 2.55. The van der Waals surface area contributed by atoms with Crippen molar-refractivity contribution in [3.05, 3.63) is 41.9 Å². The Balaban J connectivity index is 2.33. The predicted molar refractivity (Wildman–Crippen MR) is 81.7 cm³/mol. The number of benzene rings is 1. The number of rotatable bonds is 2. The predicted octanol–water partition coefficient (Wildman–Crippen LogP) is 1.47. The Morgan fingerprint density at radius 1 is 1.26 bits per heavy atom. The molecule has 5 N–H and O–H groups in total. The fourth-order valence-electron chi connectivity index (χ4n) is 2.85. The quantitative estimate of drug-likeness (QED) is 0.445. The molecule has 0 aliphatic heterocycles. The second kappa shape index (κ2) is 4.23. The zero-order valence-electron chi connectivity index (χ0n) is 11.6. The number of nitrogens with two attached hydrogens (primary N) is 1. The van der Waals surface area contributed by atoms with E-state index in [2.05, 4.69) is 9.97 Å². The van der Waals surface area contributed by atoms with Gasteiger partial charge in [0.15, 0.2) is 5.69 Å². The summed E-state index contributed by atoms with van der Waals surface area (Å²) in [7, 11) is 0. The van der Waals surface area contributed by atoms with Crippen LogP contribution in [0.5, 0.6) is 5.75 Å². The van der Waals surface area contributed by atoms with E-state index in [4.69, 9.17) is 5.73 Å². The number of H-pyrrole nitrogens is 1. The second-order valence-electron chi connectivity index (χ2n) is 5.12. The summed E-state index contributed by atoms with van der Waals surface area (Å²) < 4.78 is 1.31. The van der Waals surface area contributed by atoms with E-state index in [0.29, 0.717) is 27.5 Å². The summed E-state index contributed by atoms with van der Waals surface area (Å²) in [4.78, 5) is 30.2. The van der Waals surface area contributed by atoms with Crippen molar-refractivity contribution in [3.63, 3.8) is 0 Å². The van der Waals surface area contributed by atoms with E-state index in [1.807, 2.05) is 0 Å². The fourth-order valence-corrected chi connectivity index (χ4v) is 2.85. The highest BCUT2D eigenvalue weighted by Gasteiger charge is 2.21. The summed E-state index contributed by atoms with van der Waals surface area (Å²) in [6, 6.07) is 4.90. The Hall–Kier alpha value is -3.55. The Labute approximate surface area is 127 Å². The summed E-state index contributed by atoms with van der Waals surface area (Å²) in [6.45, 7) is 0. The molecule has 3 heterocycles. The van der Waals surface area contributed by atoms with Crippen LogP contribution in [0.25, 0.3) is 27.5 Å². The molecular weight excluding hydrogens is 300 g/mol. The van der Waals surface area contributed by atoms with E-state index < -0.39 is 11.9 Å². The fraction of sp³-hybridized carbons (Fsp3) is 0. The van der Waals surface area contributed by atoms with Crippen molar-refractivity contribution < 1.29 is 19.8 Å². The SMILES string of the molecule is NC(=O)c1cn2c(C(=O)O)cnc2c2c1[nH]c1c(O)cccc12. The van der Waals surface area contributed by atoms with Gasteiger partial charge in [-0.25, -0.2) is 9.78 Å². The molecule has 4 rings (SSSR count). The van der Waals surface area contributed by atoms with Crippen LogP contribution in [-0.4, -0.2) is 36.5 Å². The highest BCUT2D eigenvalue weighted by atomic mass is 16.4. The van der Waals surface area contributed by atoms with Crippen LogP contribution in [0, 0.1) is 0 Å². The van der Waals surface area contributed by atoms with Crippen molar-refractivity contribution in [1.29, 1.82) is 0 Å². The van der Waals surface area contributed by atoms with E-state index >= 15 is 0 Å². The van der Waals surface area contributed by atoms with Crippen LogP contribution in [0.2, 0.25) is 0 Å². The maximum absolute atomic E-state index is 11.8. The van der Waals surface area contributed by atoms with E-state index in [1.165, 1.54) is 22.9 Å². The van der Waals surface area contributed by atoms with E-state index in [9.17, 15) is 19.8 Å². The third kappa shape index (κ3) is 1.62. The number of carbonyl (C=O) groups excluding carboxylic acids is 1. The van der Waals surface area contributed by atoms with Gasteiger partial charge in [-0.2, -0.15) is 0 Å². The van der Waals surface area contributed by atoms with Gasteiger partial charge in [-0.05, 0) is 6.07 Å². The maximum atomic E-state index is 11.8. The number of aromatic hydroxyl groups is 1. The van der Waals surface area contributed by atoms with Crippen LogP contribution >= 0.6 is 0 Å². The van der Waals surface area contributed by atoms with Crippen LogP contribution in [-0.2, 0) is 0 Å². The summed E-state index contributed by atoms with van der Waals surface area (Å²) in [5.41, 5.74) is 6.65. The lowest BCUT2D eigenvalue weighted by atomic mass is 10.1. The molecule has 0 atom stereocenters. The summed E-state index contributed by atoms with van der Waals surface area (Å²) in [5.74, 6) is -1.87. The minimum Gasteiger partial charge on any atom is -0.506 e. The number of carboxylic acid groups (broad SMARTS) is 1. The molecule has 8 heteroatoms. The van der Waals surface area contributed by atoms with Gasteiger partial charge >= 0.3 is 5.97 Å². The van der Waals surface area contributed by atoms with Crippen molar-refractivity contribution in [2.75, 3.05) is 0 Å². The van der Waals surface area contributed by atoms with Gasteiger partial charge in [0.05, 0.1) is 28.2 Å². The van der Waals surface area contributed by atoms with Crippen molar-refractivity contribution >= 4 is 39.3 Å². The van der Waals surface area contributed by atoms with Crippen LogP contribution in [0.15, 0.2) is 30.6 Å². The molecular formula is C15H10N4O4. The smallest absolute Gasteiger partial charge is 0.354 e. The molecule has 0 saturated heterocycles. The number of imidazole rings is 1. The number of nitrogens with zero attached hydrogens (tertiary/aromatic N) is 2. The van der Waals surface area contributed by atoms with Crippen LogP contribution in [0.3, 0.4) is 0 Å². The average Bonchev–Trinajstić information content (AvgIpc) is 3.07. The first kappa shape index (κ1) is 13.1. The second-order valence-corrected chi connectivity index (χ2v) is 5.12. The number of hydrogen-bond acceptors (Lipinski definition) is 4. The van der Waals surface area contributed by atoms with Gasteiger partial charge in [0.2, 0.25) is 0 Å². The number of hydrogen-bond donors (Lipinski definition) is 4. The van der Waals surface area contributed by atoms with Gasteiger partial charge < -0.3 is 20.9 Å². The molecule has 0 saturated carbocycles. The largest absolute Gasteiger partial charge is 0.506 e. The third-order valence-corrected chi connectivity index (χ3v) is 3.84. The number of carbonyl (C=O) groups is 2. The van der Waals surface area contributed by atoms with Crippen LogP contribution in [0.1, 0.15) is 20.8 Å². The number of carboxylic acids is 1. The van der Waals surface area contributed by atoms with Crippen molar-refractivity contribution in [1.82, 2.24) is 14.4 Å². The maximum Gasteiger partial charge on any atom is 0.354 e. The molecule has 0 bridgehead atoms. The monoisotopic (exact) mass is 310 g/mol. The van der Waals surface area contributed by atoms with E-state index in [-0.39, 0.29) is 17.0 Å². The lowest BCUT2D eigenvalue weighted by Gasteiger charge is -2.03. The number of amides is 1. The minimum atomic E-state index is -1.17. The molecule has 0 radical (unpaired) electrons. The number of para-hydroxylation sites is 1. The zero-order valence-corrected chi connectivity index (χ0v) is 11.6. The van der Waals surface area contributed by atoms with Crippen molar-refractivity contribution in [2.24, 2.45) is 5.73 Å². The Morgan fingerprint density at radius 3 is 2.74 bits per heavy atom. The van der Waals surface area contributed by atoms with Gasteiger partial charge in [-0.3, -0.25) is 9.20 Å². The van der Waals surface area contributed by atoms with Gasteiger partial charge in [0.1, 0.15) is 11.4 Å². The highest BCUT2D eigenvalue weighted by Crippen LogP contribution is 2.35. The van der Waals surface area contributed by atoms with E-state index in [1.54, 1.807) is 12.1 Å². The molecule has 0 spiro atoms. The molecule has 0 fully saturated rings. The van der Waals surface area contributed by atoms with Gasteiger partial charge in [0, 0.05) is 11.6 Å². The first-order valence-electron chi connectivity index (χ1n) is 6.65. The molecule has 8 nitrogen and oxygen atoms in total. The summed E-state index contributed by atoms with van der Waals surface area (Å²) in [5, 5.41) is 20.4. The number of aromatic nitrogens is 3. The Bertz CT molecular complexity index is 1140. The molecule has 3 aromatic heterocycles. The zero-order chi connectivity index (χ0) is 16.3. The number of nitrogens with one attached hydrogen (secondary N) is 1. The number of pyridine rings is 1. The minimum absolute atomic E-state index is 0.0114. The number of aromatic carboxylic acids is 1. The first-order chi connectivity index (χ1) is 11.0. The standard InChI is InChI=1S/C15H10N4O4/c16-13(21)7-5-19-8(15(22)23)4-17-14(19)10-6-2-1-3-9(20)11(6)18-12(7)10/h1-5,18,20H,(H2,16,21)(H,22,23). The summed E-state index contributed by atoms with van der Waals surface area (Å²) >= 11 is 0. The van der Waals surface area contributed by atoms with E-state index in [0.717, 1.165) is 0 Å². The Morgan fingerprint density at radius 2 is 2.04 bits per heavy atom. The van der Waals surface area contributed by atoms with Gasteiger partial charge in [0.25, 0.3) is 5.91 Å². The molecule has 114 valence electrons. The number of fused-ring (bicyclic) bond motifs is 5. The topological polar surface area (TPSA) is 134 Å². The lowest BCUT2D eigenvalue weighted by Crippen LogP contribution is -2.13. The third-order valence-electron chi connectivity index (χ3n) is 3.84. The molecule has 0 aliphatic carbocycles. The number of primary amides is 1. The van der Waals surface area contributed by atoms with Gasteiger partial charge in [-0.1, -0.05) is 12.1 Å². The van der Waals surface area contributed by atoms with Crippen molar-refractivity contribution in [3.8, 4) is 5.75 Å². The molecule has 0 unspecified atom stereocenters. The van der Waals surface area contributed by atoms with Crippen molar-refractivity contribution in [2.45, 2.75) is 0 Å². The van der Waals surface area contributed by atoms with Crippen LogP contribution < -0.4 is 5.73 Å². The number of phenolic OH excluding ortho intramolecular Hbond substituents is 1. The first-order valence-corrected chi connectivity index (χ1v) is 6.65. The average molecular weight is 310 g/mol. The lowest BCUT2D eigenvalue weighted by molar-refractivity contribution is 0.0689. The number of phenols is 1. The van der Waals surface area contributed by atoms with Crippen LogP contribution in [0.4, 0.5) is 0 Å². The normalized spacial score (nSPS) is 11.5. The van der Waals surface area contributed by atoms with Gasteiger partial charge in [-0.15, -0.1) is 0 Å². The molecule has 1 aromatic carbocycles. The number of aromatic amines is 1. The highest BCUT2D eigenvalue weighted by molar-refractivity contribution is 6.20. The molecule has 23 heavy (non-hydrogen) atoms. The molecule has 4 aromatic rings.